The van der Waals surface area contributed by atoms with Gasteiger partial charge in [-0.3, -0.25) is 0 Å². The van der Waals surface area contributed by atoms with Crippen molar-refractivity contribution in [1.29, 1.82) is 0 Å². The molecule has 1 atom stereocenters. The lowest BCUT2D eigenvalue weighted by molar-refractivity contribution is 0.0165. The Morgan fingerprint density at radius 1 is 1.11 bits per heavy atom. The topological polar surface area (TPSA) is 21.8 Å². The van der Waals surface area contributed by atoms with Crippen molar-refractivity contribution >= 4 is 0 Å². The van der Waals surface area contributed by atoms with E-state index < -0.39 is 0 Å². The number of hydrogen-bond acceptors (Lipinski definition) is 2. The molecule has 1 aromatic rings. The van der Waals surface area contributed by atoms with Gasteiger partial charge in [-0.25, -0.2) is 4.39 Å². The highest BCUT2D eigenvalue weighted by Gasteiger charge is 2.27. The predicted molar refractivity (Wildman–Crippen MR) is 67.1 cm³/mol. The van der Waals surface area contributed by atoms with Crippen LogP contribution in [0.15, 0.2) is 24.3 Å². The van der Waals surface area contributed by atoms with Crippen LogP contribution in [0.3, 0.4) is 0 Å². The first-order valence-electron chi connectivity index (χ1n) is 6.80. The van der Waals surface area contributed by atoms with Crippen LogP contribution in [0.25, 0.3) is 0 Å². The van der Waals surface area contributed by atoms with Gasteiger partial charge in [-0.2, -0.15) is 0 Å². The zero-order valence-corrected chi connectivity index (χ0v) is 10.5. The second kappa shape index (κ2) is 5.37. The van der Waals surface area contributed by atoms with Gasteiger partial charge in [-0.05, 0) is 49.3 Å². The van der Waals surface area contributed by atoms with Gasteiger partial charge in [0.1, 0.15) is 11.9 Å². The summed E-state index contributed by atoms with van der Waals surface area (Å²) in [5.74, 6) is 0.419. The SMILES string of the molecule is Fc1ccc(C2CCC(OCC3CO3)CC2)cc1. The molecule has 1 unspecified atom stereocenters. The third-order valence-electron chi connectivity index (χ3n) is 3.94. The molecule has 18 heavy (non-hydrogen) atoms. The van der Waals surface area contributed by atoms with Crippen molar-refractivity contribution in [3.05, 3.63) is 35.6 Å². The zero-order valence-electron chi connectivity index (χ0n) is 10.5. The van der Waals surface area contributed by atoms with Crippen LogP contribution in [0.5, 0.6) is 0 Å². The standard InChI is InChI=1S/C15H19FO2/c16-13-5-1-11(2-6-13)12-3-7-14(8-4-12)17-9-15-10-18-15/h1-2,5-6,12,14-15H,3-4,7-10H2. The molecule has 1 aliphatic heterocycles. The Hall–Kier alpha value is -0.930. The second-order valence-electron chi connectivity index (χ2n) is 5.31. The molecule has 1 saturated carbocycles. The first-order chi connectivity index (χ1) is 8.81. The van der Waals surface area contributed by atoms with Crippen LogP contribution in [0, 0.1) is 5.82 Å². The number of epoxide rings is 1. The van der Waals surface area contributed by atoms with Gasteiger partial charge >= 0.3 is 0 Å². The Bertz CT molecular complexity index is 378. The lowest BCUT2D eigenvalue weighted by Crippen LogP contribution is -2.22. The molecule has 2 fully saturated rings. The summed E-state index contributed by atoms with van der Waals surface area (Å²) < 4.78 is 23.8. The van der Waals surface area contributed by atoms with Crippen LogP contribution < -0.4 is 0 Å². The first kappa shape index (κ1) is 12.1. The molecule has 3 rings (SSSR count). The van der Waals surface area contributed by atoms with Gasteiger partial charge in [-0.15, -0.1) is 0 Å². The highest BCUT2D eigenvalue weighted by Crippen LogP contribution is 2.34. The van der Waals surface area contributed by atoms with Gasteiger partial charge in [0.25, 0.3) is 0 Å². The van der Waals surface area contributed by atoms with E-state index in [1.54, 1.807) is 12.1 Å². The average Bonchev–Trinajstić information content (AvgIpc) is 3.22. The maximum Gasteiger partial charge on any atom is 0.123 e. The predicted octanol–water partition coefficient (Wildman–Crippen LogP) is 3.27. The molecule has 2 nitrogen and oxygen atoms in total. The fourth-order valence-electron chi connectivity index (χ4n) is 2.71. The van der Waals surface area contributed by atoms with Gasteiger partial charge in [0, 0.05) is 0 Å². The van der Waals surface area contributed by atoms with Gasteiger partial charge in [0.15, 0.2) is 0 Å². The van der Waals surface area contributed by atoms with Gasteiger partial charge in [-0.1, -0.05) is 12.1 Å². The monoisotopic (exact) mass is 250 g/mol. The Labute approximate surface area is 107 Å². The van der Waals surface area contributed by atoms with Crippen LogP contribution in [0.1, 0.15) is 37.2 Å². The van der Waals surface area contributed by atoms with E-state index in [4.69, 9.17) is 9.47 Å². The Balaban J connectivity index is 1.48. The van der Waals surface area contributed by atoms with Crippen LogP contribution in [-0.2, 0) is 9.47 Å². The summed E-state index contributed by atoms with van der Waals surface area (Å²) in [6.45, 7) is 1.62. The fraction of sp³-hybridized carbons (Fsp3) is 0.600. The van der Waals surface area contributed by atoms with Crippen LogP contribution in [0.4, 0.5) is 4.39 Å². The van der Waals surface area contributed by atoms with E-state index >= 15 is 0 Å². The number of hydrogen-bond donors (Lipinski definition) is 0. The van der Waals surface area contributed by atoms with Crippen molar-refractivity contribution in [2.45, 2.75) is 43.8 Å². The van der Waals surface area contributed by atoms with Crippen molar-refractivity contribution in [3.8, 4) is 0 Å². The average molecular weight is 250 g/mol. The Morgan fingerprint density at radius 2 is 1.78 bits per heavy atom. The van der Waals surface area contributed by atoms with E-state index in [2.05, 4.69) is 0 Å². The van der Waals surface area contributed by atoms with E-state index in [0.717, 1.165) is 38.9 Å². The molecule has 0 spiro atoms. The summed E-state index contributed by atoms with van der Waals surface area (Å²) >= 11 is 0. The van der Waals surface area contributed by atoms with Crippen molar-refractivity contribution in [1.82, 2.24) is 0 Å². The van der Waals surface area contributed by atoms with E-state index in [1.165, 1.54) is 5.56 Å². The lowest BCUT2D eigenvalue weighted by atomic mass is 9.83. The van der Waals surface area contributed by atoms with Crippen molar-refractivity contribution in [2.75, 3.05) is 13.2 Å². The summed E-state index contributed by atoms with van der Waals surface area (Å²) in [6.07, 6.45) is 5.25. The largest absolute Gasteiger partial charge is 0.375 e. The molecule has 0 amide bonds. The minimum absolute atomic E-state index is 0.153. The van der Waals surface area contributed by atoms with Crippen molar-refractivity contribution < 1.29 is 13.9 Å². The van der Waals surface area contributed by atoms with Gasteiger partial charge < -0.3 is 9.47 Å². The summed E-state index contributed by atoms with van der Waals surface area (Å²) in [6, 6.07) is 6.95. The fourth-order valence-corrected chi connectivity index (χ4v) is 2.71. The van der Waals surface area contributed by atoms with Crippen LogP contribution in [-0.4, -0.2) is 25.4 Å². The molecule has 1 saturated heterocycles. The maximum atomic E-state index is 12.9. The van der Waals surface area contributed by atoms with Crippen LogP contribution in [0.2, 0.25) is 0 Å². The minimum Gasteiger partial charge on any atom is -0.375 e. The summed E-state index contributed by atoms with van der Waals surface area (Å²) in [5, 5.41) is 0. The third kappa shape index (κ3) is 3.09. The minimum atomic E-state index is -0.153. The van der Waals surface area contributed by atoms with E-state index in [1.807, 2.05) is 12.1 Å². The van der Waals surface area contributed by atoms with E-state index in [9.17, 15) is 4.39 Å². The maximum absolute atomic E-state index is 12.9. The van der Waals surface area contributed by atoms with Crippen molar-refractivity contribution in [2.24, 2.45) is 0 Å². The third-order valence-corrected chi connectivity index (χ3v) is 3.94. The molecule has 0 aromatic heterocycles. The molecule has 0 radical (unpaired) electrons. The molecule has 0 N–H and O–H groups in total. The molecule has 98 valence electrons. The number of benzene rings is 1. The van der Waals surface area contributed by atoms with Crippen molar-refractivity contribution in [3.63, 3.8) is 0 Å². The Kier molecular flexibility index (Phi) is 3.62. The molecule has 1 aromatic carbocycles. The molecule has 3 heteroatoms. The van der Waals surface area contributed by atoms with Crippen LogP contribution >= 0.6 is 0 Å². The van der Waals surface area contributed by atoms with Gasteiger partial charge in [0.2, 0.25) is 0 Å². The molecule has 0 bridgehead atoms. The Morgan fingerprint density at radius 3 is 2.39 bits per heavy atom. The highest BCUT2D eigenvalue weighted by molar-refractivity contribution is 5.20. The molecule has 1 heterocycles. The number of halogens is 1. The smallest absolute Gasteiger partial charge is 0.123 e. The molecule has 1 aliphatic carbocycles. The number of rotatable bonds is 4. The number of ether oxygens (including phenoxy) is 2. The zero-order chi connectivity index (χ0) is 12.4. The van der Waals surface area contributed by atoms with Gasteiger partial charge in [0.05, 0.1) is 19.3 Å². The highest BCUT2D eigenvalue weighted by atomic mass is 19.1. The van der Waals surface area contributed by atoms with E-state index in [0.29, 0.717) is 18.1 Å². The molecular weight excluding hydrogens is 231 g/mol. The summed E-state index contributed by atoms with van der Waals surface area (Å²) in [4.78, 5) is 0. The first-order valence-corrected chi connectivity index (χ1v) is 6.80. The quantitative estimate of drug-likeness (QED) is 0.765. The second-order valence-corrected chi connectivity index (χ2v) is 5.31. The lowest BCUT2D eigenvalue weighted by Gasteiger charge is -2.28. The molecule has 2 aliphatic rings. The normalized spacial score (nSPS) is 31.3. The molecular formula is C15H19FO2. The van der Waals surface area contributed by atoms with E-state index in [-0.39, 0.29) is 5.82 Å². The summed E-state index contributed by atoms with van der Waals surface area (Å²) in [5.41, 5.74) is 1.26. The summed E-state index contributed by atoms with van der Waals surface area (Å²) in [7, 11) is 0.